The van der Waals surface area contributed by atoms with Crippen LogP contribution in [0.1, 0.15) is 0 Å². The third-order valence-corrected chi connectivity index (χ3v) is 3.42. The zero-order valence-corrected chi connectivity index (χ0v) is 11.3. The van der Waals surface area contributed by atoms with E-state index in [9.17, 15) is 0 Å². The van der Waals surface area contributed by atoms with Gasteiger partial charge in [-0.3, -0.25) is 0 Å². The van der Waals surface area contributed by atoms with Gasteiger partial charge < -0.3 is 0 Å². The summed E-state index contributed by atoms with van der Waals surface area (Å²) in [7, 11) is 0. The zero-order valence-electron chi connectivity index (χ0n) is 10.5. The minimum atomic E-state index is 0.758. The molecule has 0 saturated carbocycles. The van der Waals surface area contributed by atoms with Gasteiger partial charge in [-0.25, -0.2) is 9.67 Å². The van der Waals surface area contributed by atoms with Crippen LogP contribution >= 0.6 is 11.8 Å². The standard InChI is InChI=1S/C15H13N3S/c1-19-15-16-14(12-8-4-2-5-9-12)17-18(15)13-10-6-3-7-11-13/h2-11H,1H3. The molecule has 1 aromatic heterocycles. The summed E-state index contributed by atoms with van der Waals surface area (Å²) in [6, 6.07) is 20.1. The fourth-order valence-corrected chi connectivity index (χ4v) is 2.37. The number of benzene rings is 2. The minimum Gasteiger partial charge on any atom is -0.207 e. The van der Waals surface area contributed by atoms with Crippen molar-refractivity contribution in [3.05, 3.63) is 60.7 Å². The highest BCUT2D eigenvalue weighted by Crippen LogP contribution is 2.22. The van der Waals surface area contributed by atoms with Crippen LogP contribution in [0.2, 0.25) is 0 Å². The van der Waals surface area contributed by atoms with Gasteiger partial charge in [0.25, 0.3) is 0 Å². The molecule has 0 aliphatic carbocycles. The SMILES string of the molecule is CSc1nc(-c2ccccc2)nn1-c1ccccc1. The van der Waals surface area contributed by atoms with Crippen LogP contribution in [0.15, 0.2) is 65.8 Å². The Kier molecular flexibility index (Phi) is 3.33. The van der Waals surface area contributed by atoms with E-state index in [1.54, 1.807) is 11.8 Å². The summed E-state index contributed by atoms with van der Waals surface area (Å²) in [6.45, 7) is 0. The first-order valence-electron chi connectivity index (χ1n) is 6.00. The molecule has 0 bridgehead atoms. The summed E-state index contributed by atoms with van der Waals surface area (Å²) in [5.74, 6) is 0.758. The van der Waals surface area contributed by atoms with Gasteiger partial charge in [-0.15, -0.1) is 5.10 Å². The van der Waals surface area contributed by atoms with Crippen molar-refractivity contribution in [1.82, 2.24) is 14.8 Å². The smallest absolute Gasteiger partial charge is 0.191 e. The van der Waals surface area contributed by atoms with E-state index >= 15 is 0 Å². The van der Waals surface area contributed by atoms with Gasteiger partial charge in [0.05, 0.1) is 5.69 Å². The third-order valence-electron chi connectivity index (χ3n) is 2.79. The molecule has 0 aliphatic heterocycles. The van der Waals surface area contributed by atoms with Gasteiger partial charge in [0.1, 0.15) is 0 Å². The number of aromatic nitrogens is 3. The van der Waals surface area contributed by atoms with E-state index < -0.39 is 0 Å². The molecule has 0 N–H and O–H groups in total. The van der Waals surface area contributed by atoms with Crippen molar-refractivity contribution in [3.63, 3.8) is 0 Å². The fourth-order valence-electron chi connectivity index (χ4n) is 1.88. The van der Waals surface area contributed by atoms with Gasteiger partial charge in [-0.05, 0) is 18.4 Å². The van der Waals surface area contributed by atoms with E-state index in [0.29, 0.717) is 0 Å². The normalized spacial score (nSPS) is 10.6. The third kappa shape index (κ3) is 2.39. The molecule has 0 saturated heterocycles. The highest BCUT2D eigenvalue weighted by molar-refractivity contribution is 7.98. The molecule has 3 rings (SSSR count). The molecule has 0 amide bonds. The van der Waals surface area contributed by atoms with E-state index in [2.05, 4.69) is 10.1 Å². The van der Waals surface area contributed by atoms with Gasteiger partial charge in [0.15, 0.2) is 11.0 Å². The van der Waals surface area contributed by atoms with E-state index in [0.717, 1.165) is 22.2 Å². The van der Waals surface area contributed by atoms with E-state index in [-0.39, 0.29) is 0 Å². The number of hydrogen-bond donors (Lipinski definition) is 0. The maximum absolute atomic E-state index is 4.61. The van der Waals surface area contributed by atoms with Crippen molar-refractivity contribution in [3.8, 4) is 17.1 Å². The van der Waals surface area contributed by atoms with Crippen LogP contribution in [0.4, 0.5) is 0 Å². The molecule has 0 fully saturated rings. The molecule has 1 heterocycles. The number of rotatable bonds is 3. The van der Waals surface area contributed by atoms with Gasteiger partial charge in [0.2, 0.25) is 0 Å². The Balaban J connectivity index is 2.09. The van der Waals surface area contributed by atoms with Crippen molar-refractivity contribution in [2.45, 2.75) is 5.16 Å². The lowest BCUT2D eigenvalue weighted by Crippen LogP contribution is -1.97. The number of thioether (sulfide) groups is 1. The summed E-state index contributed by atoms with van der Waals surface area (Å²) < 4.78 is 1.88. The molecule has 94 valence electrons. The minimum absolute atomic E-state index is 0.758. The van der Waals surface area contributed by atoms with Crippen LogP contribution in [-0.4, -0.2) is 21.0 Å². The molecule has 0 aliphatic rings. The topological polar surface area (TPSA) is 30.7 Å². The van der Waals surface area contributed by atoms with Crippen molar-refractivity contribution >= 4 is 11.8 Å². The average Bonchev–Trinajstić information content (AvgIpc) is 2.93. The van der Waals surface area contributed by atoms with Crippen molar-refractivity contribution < 1.29 is 0 Å². The zero-order chi connectivity index (χ0) is 13.1. The summed E-state index contributed by atoms with van der Waals surface area (Å²) in [4.78, 5) is 4.59. The molecule has 3 aromatic rings. The van der Waals surface area contributed by atoms with Crippen molar-refractivity contribution in [2.75, 3.05) is 6.26 Å². The monoisotopic (exact) mass is 267 g/mol. The second kappa shape index (κ2) is 5.28. The largest absolute Gasteiger partial charge is 0.207 e. The predicted molar refractivity (Wildman–Crippen MR) is 78.6 cm³/mol. The Morgan fingerprint density at radius 2 is 1.53 bits per heavy atom. The van der Waals surface area contributed by atoms with Crippen LogP contribution in [0.3, 0.4) is 0 Å². The summed E-state index contributed by atoms with van der Waals surface area (Å²) in [5, 5.41) is 5.50. The van der Waals surface area contributed by atoms with Crippen molar-refractivity contribution in [2.24, 2.45) is 0 Å². The molecular formula is C15H13N3S. The number of para-hydroxylation sites is 1. The molecule has 0 atom stereocenters. The van der Waals surface area contributed by atoms with Gasteiger partial charge in [-0.1, -0.05) is 60.3 Å². The quantitative estimate of drug-likeness (QED) is 0.679. The summed E-state index contributed by atoms with van der Waals surface area (Å²) in [5.41, 5.74) is 2.06. The highest BCUT2D eigenvalue weighted by atomic mass is 32.2. The second-order valence-corrected chi connectivity index (χ2v) is 4.81. The molecule has 19 heavy (non-hydrogen) atoms. The average molecular weight is 267 g/mol. The summed E-state index contributed by atoms with van der Waals surface area (Å²) >= 11 is 1.60. The molecule has 0 unspecified atom stereocenters. The molecule has 0 spiro atoms. The number of hydrogen-bond acceptors (Lipinski definition) is 3. The van der Waals surface area contributed by atoms with Crippen LogP contribution in [0, 0.1) is 0 Å². The number of nitrogens with zero attached hydrogens (tertiary/aromatic N) is 3. The lowest BCUT2D eigenvalue weighted by Gasteiger charge is -2.02. The Morgan fingerprint density at radius 3 is 2.16 bits per heavy atom. The van der Waals surface area contributed by atoms with Gasteiger partial charge >= 0.3 is 0 Å². The van der Waals surface area contributed by atoms with Crippen LogP contribution < -0.4 is 0 Å². The lowest BCUT2D eigenvalue weighted by atomic mass is 10.2. The van der Waals surface area contributed by atoms with Crippen molar-refractivity contribution in [1.29, 1.82) is 0 Å². The Bertz CT molecular complexity index is 662. The lowest BCUT2D eigenvalue weighted by molar-refractivity contribution is 0.788. The first-order chi connectivity index (χ1) is 9.38. The molecule has 3 nitrogen and oxygen atoms in total. The Hall–Kier alpha value is -2.07. The molecule has 2 aromatic carbocycles. The molecule has 0 radical (unpaired) electrons. The first kappa shape index (κ1) is 12.0. The Labute approximate surface area is 116 Å². The van der Waals surface area contributed by atoms with Gasteiger partial charge in [-0.2, -0.15) is 0 Å². The molecular weight excluding hydrogens is 254 g/mol. The van der Waals surface area contributed by atoms with E-state index in [4.69, 9.17) is 0 Å². The maximum Gasteiger partial charge on any atom is 0.191 e. The second-order valence-electron chi connectivity index (χ2n) is 4.04. The maximum atomic E-state index is 4.61. The fraction of sp³-hybridized carbons (Fsp3) is 0.0667. The highest BCUT2D eigenvalue weighted by Gasteiger charge is 2.11. The van der Waals surface area contributed by atoms with Crippen LogP contribution in [-0.2, 0) is 0 Å². The van der Waals surface area contributed by atoms with E-state index in [1.165, 1.54) is 0 Å². The summed E-state index contributed by atoms with van der Waals surface area (Å²) in [6.07, 6.45) is 2.01. The first-order valence-corrected chi connectivity index (χ1v) is 7.23. The van der Waals surface area contributed by atoms with Gasteiger partial charge in [0, 0.05) is 5.56 Å². The van der Waals surface area contributed by atoms with Crippen LogP contribution in [0.5, 0.6) is 0 Å². The van der Waals surface area contributed by atoms with Crippen LogP contribution in [0.25, 0.3) is 17.1 Å². The Morgan fingerprint density at radius 1 is 0.895 bits per heavy atom. The van der Waals surface area contributed by atoms with E-state index in [1.807, 2.05) is 71.6 Å². The molecule has 4 heteroatoms. The predicted octanol–water partition coefficient (Wildman–Crippen LogP) is 3.66.